The Bertz CT molecular complexity index is 611. The fourth-order valence-electron chi connectivity index (χ4n) is 2.09. The average Bonchev–Trinajstić information content (AvgIpc) is 2.43. The Morgan fingerprint density at radius 3 is 2.15 bits per heavy atom. The predicted octanol–water partition coefficient (Wildman–Crippen LogP) is 5.14. The number of rotatable bonds is 4. The number of hydrogen-bond acceptors (Lipinski definition) is 2. The van der Waals surface area contributed by atoms with E-state index < -0.39 is 0 Å². The summed E-state index contributed by atoms with van der Waals surface area (Å²) in [6.45, 7) is 2.12. The minimum absolute atomic E-state index is 0.105. The molecule has 0 fully saturated rings. The molecule has 0 amide bonds. The molecule has 2 rings (SSSR count). The maximum atomic E-state index is 9.42. The van der Waals surface area contributed by atoms with Crippen molar-refractivity contribution >= 4 is 23.2 Å². The highest BCUT2D eigenvalue weighted by molar-refractivity contribution is 6.32. The van der Waals surface area contributed by atoms with Gasteiger partial charge in [-0.05, 0) is 54.2 Å². The number of phenolic OH excluding ortho intramolecular Hbond substituents is 2. The largest absolute Gasteiger partial charge is 0.506 e. The Labute approximate surface area is 128 Å². The summed E-state index contributed by atoms with van der Waals surface area (Å²) in [7, 11) is 0. The zero-order chi connectivity index (χ0) is 14.7. The summed E-state index contributed by atoms with van der Waals surface area (Å²) in [6.07, 6.45) is 1.79. The highest BCUT2D eigenvalue weighted by Gasteiger charge is 2.09. The Hall–Kier alpha value is -1.38. The maximum Gasteiger partial charge on any atom is 0.134 e. The Morgan fingerprint density at radius 1 is 0.950 bits per heavy atom. The minimum atomic E-state index is 0.105. The van der Waals surface area contributed by atoms with Crippen molar-refractivity contribution in [2.24, 2.45) is 0 Å². The number of benzene rings is 2. The maximum absolute atomic E-state index is 9.42. The fourth-order valence-corrected chi connectivity index (χ4v) is 2.48. The molecule has 2 aromatic rings. The molecule has 4 heteroatoms. The van der Waals surface area contributed by atoms with Gasteiger partial charge >= 0.3 is 0 Å². The third-order valence-electron chi connectivity index (χ3n) is 3.42. The van der Waals surface area contributed by atoms with Crippen LogP contribution in [0.5, 0.6) is 11.5 Å². The van der Waals surface area contributed by atoms with Gasteiger partial charge < -0.3 is 10.2 Å². The molecular formula is C16H16Cl2O2. The lowest BCUT2D eigenvalue weighted by molar-refractivity contribution is 0.475. The van der Waals surface area contributed by atoms with Crippen molar-refractivity contribution < 1.29 is 10.2 Å². The molecule has 106 valence electrons. The van der Waals surface area contributed by atoms with Gasteiger partial charge in [0.1, 0.15) is 11.5 Å². The van der Waals surface area contributed by atoms with Crippen LogP contribution in [0.3, 0.4) is 0 Å². The molecule has 20 heavy (non-hydrogen) atoms. The fraction of sp³-hybridized carbons (Fsp3) is 0.250. The Kier molecular flexibility index (Phi) is 4.79. The van der Waals surface area contributed by atoms with Crippen molar-refractivity contribution in [3.63, 3.8) is 0 Å². The lowest BCUT2D eigenvalue weighted by Gasteiger charge is -2.13. The van der Waals surface area contributed by atoms with Crippen molar-refractivity contribution in [2.75, 3.05) is 0 Å². The molecule has 0 saturated heterocycles. The lowest BCUT2D eigenvalue weighted by atomic mass is 9.94. The number of halogens is 2. The molecule has 2 nitrogen and oxygen atoms in total. The van der Waals surface area contributed by atoms with Crippen molar-refractivity contribution in [3.05, 3.63) is 57.6 Å². The van der Waals surface area contributed by atoms with Crippen LogP contribution in [0.1, 0.15) is 30.4 Å². The number of aromatic hydroxyl groups is 2. The standard InChI is InChI=1S/C16H16Cl2O2/c1-10(12-5-7-16(20)14(18)9-12)2-3-11-4-6-15(19)13(17)8-11/h4-10,19-20H,2-3H2,1H3. The van der Waals surface area contributed by atoms with Gasteiger partial charge in [-0.3, -0.25) is 0 Å². The average molecular weight is 311 g/mol. The zero-order valence-corrected chi connectivity index (χ0v) is 12.6. The van der Waals surface area contributed by atoms with E-state index >= 15 is 0 Å². The minimum Gasteiger partial charge on any atom is -0.506 e. The number of aryl methyl sites for hydroxylation is 1. The first-order valence-electron chi connectivity index (χ1n) is 6.43. The van der Waals surface area contributed by atoms with E-state index in [2.05, 4.69) is 6.92 Å². The van der Waals surface area contributed by atoms with E-state index in [0.717, 1.165) is 24.0 Å². The van der Waals surface area contributed by atoms with E-state index in [9.17, 15) is 10.2 Å². The van der Waals surface area contributed by atoms with E-state index in [1.54, 1.807) is 24.3 Å². The van der Waals surface area contributed by atoms with Gasteiger partial charge in [0.05, 0.1) is 10.0 Å². The monoisotopic (exact) mass is 310 g/mol. The van der Waals surface area contributed by atoms with Crippen LogP contribution in [0.4, 0.5) is 0 Å². The van der Waals surface area contributed by atoms with Gasteiger partial charge in [0.15, 0.2) is 0 Å². The van der Waals surface area contributed by atoms with Crippen LogP contribution in [0.25, 0.3) is 0 Å². The molecule has 2 N–H and O–H groups in total. The summed E-state index contributed by atoms with van der Waals surface area (Å²) < 4.78 is 0. The molecular weight excluding hydrogens is 295 g/mol. The molecule has 0 aromatic heterocycles. The molecule has 0 aliphatic carbocycles. The Morgan fingerprint density at radius 2 is 1.55 bits per heavy atom. The molecule has 0 aliphatic heterocycles. The SMILES string of the molecule is CC(CCc1ccc(O)c(Cl)c1)c1ccc(O)c(Cl)c1. The van der Waals surface area contributed by atoms with Gasteiger partial charge in [-0.15, -0.1) is 0 Å². The third kappa shape index (κ3) is 3.59. The van der Waals surface area contributed by atoms with Crippen LogP contribution >= 0.6 is 23.2 Å². The molecule has 0 heterocycles. The summed E-state index contributed by atoms with van der Waals surface area (Å²) in [5, 5.41) is 19.6. The molecule has 0 spiro atoms. The molecule has 0 saturated carbocycles. The van der Waals surface area contributed by atoms with E-state index in [4.69, 9.17) is 23.2 Å². The van der Waals surface area contributed by atoms with E-state index in [1.165, 1.54) is 0 Å². The number of phenols is 2. The van der Waals surface area contributed by atoms with Crippen molar-refractivity contribution in [1.29, 1.82) is 0 Å². The van der Waals surface area contributed by atoms with Gasteiger partial charge in [0.25, 0.3) is 0 Å². The van der Waals surface area contributed by atoms with E-state index in [1.807, 2.05) is 12.1 Å². The van der Waals surface area contributed by atoms with Crippen molar-refractivity contribution in [3.8, 4) is 11.5 Å². The second kappa shape index (κ2) is 6.38. The molecule has 0 radical (unpaired) electrons. The molecule has 0 aliphatic rings. The van der Waals surface area contributed by atoms with Crippen LogP contribution < -0.4 is 0 Å². The summed E-state index contributed by atoms with van der Waals surface area (Å²) in [6, 6.07) is 10.6. The summed E-state index contributed by atoms with van der Waals surface area (Å²) in [5.74, 6) is 0.530. The highest BCUT2D eigenvalue weighted by atomic mass is 35.5. The van der Waals surface area contributed by atoms with E-state index in [-0.39, 0.29) is 11.5 Å². The first-order chi connectivity index (χ1) is 9.47. The first-order valence-corrected chi connectivity index (χ1v) is 7.19. The summed E-state index contributed by atoms with van der Waals surface area (Å²) in [4.78, 5) is 0. The van der Waals surface area contributed by atoms with Crippen LogP contribution in [-0.2, 0) is 6.42 Å². The van der Waals surface area contributed by atoms with Gasteiger partial charge in [-0.25, -0.2) is 0 Å². The molecule has 2 aromatic carbocycles. The lowest BCUT2D eigenvalue weighted by Crippen LogP contribution is -1.96. The smallest absolute Gasteiger partial charge is 0.134 e. The topological polar surface area (TPSA) is 40.5 Å². The van der Waals surface area contributed by atoms with E-state index in [0.29, 0.717) is 16.0 Å². The molecule has 1 atom stereocenters. The molecule has 0 bridgehead atoms. The van der Waals surface area contributed by atoms with Crippen LogP contribution in [-0.4, -0.2) is 10.2 Å². The Balaban J connectivity index is 2.02. The van der Waals surface area contributed by atoms with Crippen molar-refractivity contribution in [1.82, 2.24) is 0 Å². The van der Waals surface area contributed by atoms with Crippen LogP contribution in [0.2, 0.25) is 10.0 Å². The molecule has 1 unspecified atom stereocenters. The third-order valence-corrected chi connectivity index (χ3v) is 4.02. The highest BCUT2D eigenvalue weighted by Crippen LogP contribution is 2.30. The normalized spacial score (nSPS) is 12.3. The van der Waals surface area contributed by atoms with Gasteiger partial charge in [0, 0.05) is 0 Å². The van der Waals surface area contributed by atoms with Gasteiger partial charge in [0.2, 0.25) is 0 Å². The number of hydrogen-bond donors (Lipinski definition) is 2. The quantitative estimate of drug-likeness (QED) is 0.820. The van der Waals surface area contributed by atoms with Crippen LogP contribution in [0, 0.1) is 0 Å². The summed E-state index contributed by atoms with van der Waals surface area (Å²) in [5.41, 5.74) is 2.18. The van der Waals surface area contributed by atoms with Crippen LogP contribution in [0.15, 0.2) is 36.4 Å². The zero-order valence-electron chi connectivity index (χ0n) is 11.1. The second-order valence-electron chi connectivity index (χ2n) is 4.94. The van der Waals surface area contributed by atoms with Crippen molar-refractivity contribution in [2.45, 2.75) is 25.7 Å². The second-order valence-corrected chi connectivity index (χ2v) is 5.75. The first kappa shape index (κ1) is 15.0. The predicted molar refractivity (Wildman–Crippen MR) is 83.0 cm³/mol. The van der Waals surface area contributed by atoms with Gasteiger partial charge in [-0.2, -0.15) is 0 Å². The van der Waals surface area contributed by atoms with Gasteiger partial charge in [-0.1, -0.05) is 42.3 Å². The summed E-state index contributed by atoms with van der Waals surface area (Å²) >= 11 is 11.8.